The Hall–Kier alpha value is -3.27. The molecule has 0 unspecified atom stereocenters. The number of alkyl halides is 3. The van der Waals surface area contributed by atoms with Crippen LogP contribution in [-0.4, -0.2) is 21.1 Å². The molecule has 29 heavy (non-hydrogen) atoms. The monoisotopic (exact) mass is 403 g/mol. The molecule has 0 saturated carbocycles. The van der Waals surface area contributed by atoms with E-state index in [0.29, 0.717) is 23.5 Å². The van der Waals surface area contributed by atoms with E-state index in [1.54, 1.807) is 18.2 Å². The molecule has 1 aliphatic rings. The van der Waals surface area contributed by atoms with Crippen LogP contribution in [0.1, 0.15) is 45.9 Å². The van der Waals surface area contributed by atoms with Crippen LogP contribution in [0.2, 0.25) is 0 Å². The molecule has 0 fully saturated rings. The third-order valence-corrected chi connectivity index (χ3v) is 4.75. The van der Waals surface area contributed by atoms with Gasteiger partial charge in [0.15, 0.2) is 5.69 Å². The van der Waals surface area contributed by atoms with Crippen molar-refractivity contribution in [1.82, 2.24) is 20.5 Å². The van der Waals surface area contributed by atoms with Crippen LogP contribution >= 0.6 is 0 Å². The number of halogens is 3. The number of aromatic nitrogens is 3. The summed E-state index contributed by atoms with van der Waals surface area (Å²) in [6, 6.07) is 7.01. The minimum Gasteiger partial charge on any atom is -0.383 e. The zero-order valence-corrected chi connectivity index (χ0v) is 15.2. The average Bonchev–Trinajstić information content (AvgIpc) is 3.08. The van der Waals surface area contributed by atoms with Crippen molar-refractivity contribution in [1.29, 1.82) is 0 Å². The average molecular weight is 403 g/mol. The lowest BCUT2D eigenvalue weighted by Gasteiger charge is -2.11. The van der Waals surface area contributed by atoms with Crippen LogP contribution in [0.25, 0.3) is 10.9 Å². The Morgan fingerprint density at radius 1 is 1.28 bits per heavy atom. The summed E-state index contributed by atoms with van der Waals surface area (Å²) in [5.74, 6) is 0.0155. The molecule has 0 saturated heterocycles. The summed E-state index contributed by atoms with van der Waals surface area (Å²) in [5.41, 5.74) is 7.92. The van der Waals surface area contributed by atoms with E-state index in [9.17, 15) is 18.0 Å². The van der Waals surface area contributed by atoms with Gasteiger partial charge in [0.25, 0.3) is 5.91 Å². The molecule has 0 radical (unpaired) electrons. The van der Waals surface area contributed by atoms with Crippen molar-refractivity contribution in [2.75, 3.05) is 5.73 Å². The van der Waals surface area contributed by atoms with E-state index in [-0.39, 0.29) is 18.3 Å². The summed E-state index contributed by atoms with van der Waals surface area (Å²) < 4.78 is 43.2. The molecule has 1 atom stereocenters. The number of amides is 1. The van der Waals surface area contributed by atoms with Crippen molar-refractivity contribution in [3.63, 3.8) is 0 Å². The molecule has 10 heteroatoms. The van der Waals surface area contributed by atoms with E-state index in [2.05, 4.69) is 20.5 Å². The summed E-state index contributed by atoms with van der Waals surface area (Å²) >= 11 is 0. The van der Waals surface area contributed by atoms with E-state index in [1.165, 1.54) is 6.07 Å². The highest BCUT2D eigenvalue weighted by atomic mass is 19.4. The Labute approximate surface area is 163 Å². The predicted molar refractivity (Wildman–Crippen MR) is 97.6 cm³/mol. The third-order valence-electron chi connectivity index (χ3n) is 4.75. The number of pyridine rings is 1. The lowest BCUT2D eigenvalue weighted by Crippen LogP contribution is -2.23. The van der Waals surface area contributed by atoms with Gasteiger partial charge in [-0.15, -0.1) is 5.10 Å². The summed E-state index contributed by atoms with van der Waals surface area (Å²) in [4.78, 5) is 16.9. The maximum Gasteiger partial charge on any atom is 0.435 e. The number of nitrogen functional groups attached to an aromatic ring is 1. The Balaban J connectivity index is 1.54. The maximum absolute atomic E-state index is 12.5. The number of rotatable bonds is 3. The zero-order chi connectivity index (χ0) is 20.8. The van der Waals surface area contributed by atoms with E-state index in [0.717, 1.165) is 22.6 Å². The van der Waals surface area contributed by atoms with Gasteiger partial charge in [0, 0.05) is 16.5 Å². The smallest absolute Gasteiger partial charge is 0.383 e. The minimum absolute atomic E-state index is 0.0553. The fourth-order valence-electron chi connectivity index (χ4n) is 3.29. The number of carbonyl (C=O) groups excluding carboxylic acids is 1. The van der Waals surface area contributed by atoms with Gasteiger partial charge in [0.2, 0.25) is 0 Å². The first-order valence-corrected chi connectivity index (χ1v) is 8.75. The molecule has 3 aromatic rings. The molecule has 1 aliphatic heterocycles. The Kier molecular flexibility index (Phi) is 4.58. The summed E-state index contributed by atoms with van der Waals surface area (Å²) in [7, 11) is 0. The summed E-state index contributed by atoms with van der Waals surface area (Å²) in [6.07, 6.45) is -4.73. The quantitative estimate of drug-likeness (QED) is 0.697. The number of nitrogens with zero attached hydrogens (tertiary/aromatic N) is 3. The van der Waals surface area contributed by atoms with Gasteiger partial charge in [0.1, 0.15) is 5.82 Å². The first-order chi connectivity index (χ1) is 13.7. The zero-order valence-electron chi connectivity index (χ0n) is 15.2. The fraction of sp³-hybridized carbons (Fsp3) is 0.263. The van der Waals surface area contributed by atoms with Gasteiger partial charge in [-0.2, -0.15) is 18.3 Å². The van der Waals surface area contributed by atoms with Gasteiger partial charge in [-0.05, 0) is 42.8 Å². The number of anilines is 1. The van der Waals surface area contributed by atoms with Gasteiger partial charge in [0.05, 0.1) is 30.5 Å². The molecule has 2 aromatic heterocycles. The maximum atomic E-state index is 12.5. The Morgan fingerprint density at radius 2 is 2.07 bits per heavy atom. The molecule has 3 N–H and O–H groups in total. The third kappa shape index (κ3) is 3.58. The van der Waals surface area contributed by atoms with Crippen molar-refractivity contribution in [2.45, 2.75) is 32.4 Å². The lowest BCUT2D eigenvalue weighted by atomic mass is 10.00. The van der Waals surface area contributed by atoms with E-state index in [4.69, 9.17) is 10.5 Å². The molecular weight excluding hydrogens is 387 g/mol. The molecule has 0 bridgehead atoms. The molecule has 1 aromatic carbocycles. The second kappa shape index (κ2) is 6.96. The van der Waals surface area contributed by atoms with Crippen molar-refractivity contribution in [3.8, 4) is 0 Å². The summed E-state index contributed by atoms with van der Waals surface area (Å²) in [5, 5.41) is 10.0. The molecule has 1 amide bonds. The first kappa shape index (κ1) is 19.1. The number of benzene rings is 1. The number of nitrogens with one attached hydrogen (secondary N) is 1. The van der Waals surface area contributed by atoms with Crippen LogP contribution < -0.4 is 11.1 Å². The number of ether oxygens (including phenoxy) is 1. The van der Waals surface area contributed by atoms with Crippen molar-refractivity contribution in [2.24, 2.45) is 0 Å². The topological polar surface area (TPSA) is 103 Å². The Morgan fingerprint density at radius 3 is 2.76 bits per heavy atom. The number of nitrogens with two attached hydrogens (primary N) is 1. The van der Waals surface area contributed by atoms with Crippen molar-refractivity contribution >= 4 is 22.6 Å². The molecule has 4 rings (SSSR count). The van der Waals surface area contributed by atoms with Gasteiger partial charge in [-0.1, -0.05) is 0 Å². The number of hydrogen-bond donors (Lipinski definition) is 2. The highest BCUT2D eigenvalue weighted by Crippen LogP contribution is 2.38. The first-order valence-electron chi connectivity index (χ1n) is 8.75. The van der Waals surface area contributed by atoms with Gasteiger partial charge < -0.3 is 15.8 Å². The van der Waals surface area contributed by atoms with Crippen LogP contribution in [-0.2, 0) is 24.1 Å². The van der Waals surface area contributed by atoms with Crippen LogP contribution in [0.3, 0.4) is 0 Å². The van der Waals surface area contributed by atoms with Crippen molar-refractivity contribution in [3.05, 3.63) is 58.4 Å². The molecular formula is C19H16F3N5O2. The molecule has 150 valence electrons. The second-order valence-electron chi connectivity index (χ2n) is 6.66. The number of hydrogen-bond acceptors (Lipinski definition) is 6. The Bertz CT molecular complexity index is 1100. The largest absolute Gasteiger partial charge is 0.435 e. The van der Waals surface area contributed by atoms with Gasteiger partial charge in [-0.3, -0.25) is 4.79 Å². The lowest BCUT2D eigenvalue weighted by molar-refractivity contribution is -0.141. The highest BCUT2D eigenvalue weighted by Gasteiger charge is 2.32. The van der Waals surface area contributed by atoms with E-state index >= 15 is 0 Å². The number of fused-ring (bicyclic) bond motifs is 3. The van der Waals surface area contributed by atoms with Crippen LogP contribution in [0.5, 0.6) is 0 Å². The normalized spacial score (nSPS) is 16.1. The fourth-order valence-corrected chi connectivity index (χ4v) is 3.29. The molecule has 0 aliphatic carbocycles. The number of carbonyl (C=O) groups is 1. The van der Waals surface area contributed by atoms with E-state index in [1.807, 2.05) is 6.92 Å². The van der Waals surface area contributed by atoms with Crippen LogP contribution in [0.4, 0.5) is 19.0 Å². The summed E-state index contributed by atoms with van der Waals surface area (Å²) in [6.45, 7) is 2.21. The standard InChI is InChI=1S/C19H16F3N5O2/c1-9-16-13(8-29-9)12-6-10(2-4-14(12)25-17(16)23)18(28)24-7-11-3-5-15(27-26-11)19(20,21)22/h2-6,9H,7-8H2,1H3,(H2,23,25)(H,24,28)/t9-/m1/s1. The SMILES string of the molecule is C[C@H]1OCc2c1c(N)nc1ccc(C(=O)NCc3ccc(C(F)(F)F)nn3)cc21. The van der Waals surface area contributed by atoms with Crippen molar-refractivity contribution < 1.29 is 22.7 Å². The van der Waals surface area contributed by atoms with Crippen LogP contribution in [0.15, 0.2) is 30.3 Å². The highest BCUT2D eigenvalue weighted by molar-refractivity contribution is 5.99. The molecule has 7 nitrogen and oxygen atoms in total. The van der Waals surface area contributed by atoms with Crippen LogP contribution in [0, 0.1) is 0 Å². The molecule has 0 spiro atoms. The minimum atomic E-state index is -4.56. The predicted octanol–water partition coefficient (Wildman–Crippen LogP) is 3.15. The van der Waals surface area contributed by atoms with Gasteiger partial charge >= 0.3 is 6.18 Å². The van der Waals surface area contributed by atoms with Gasteiger partial charge in [-0.25, -0.2) is 4.98 Å². The molecule has 3 heterocycles. The van der Waals surface area contributed by atoms with E-state index < -0.39 is 17.8 Å². The second-order valence-corrected chi connectivity index (χ2v) is 6.66.